The van der Waals surface area contributed by atoms with E-state index >= 15 is 0 Å². The number of hydrogen-bond donors (Lipinski definition) is 7. The summed E-state index contributed by atoms with van der Waals surface area (Å²) in [5, 5.41) is 48.4. The molecule has 0 radical (unpaired) electrons. The predicted octanol–water partition coefficient (Wildman–Crippen LogP) is -0.593. The summed E-state index contributed by atoms with van der Waals surface area (Å²) in [5.74, 6) is -6.15. The molecule has 2 aliphatic rings. The summed E-state index contributed by atoms with van der Waals surface area (Å²) in [6.07, 6.45) is -6.33. The third-order valence-corrected chi connectivity index (χ3v) is 9.98. The number of nitrogens with zero attached hydrogens (tertiary/aromatic N) is 2. The third kappa shape index (κ3) is 14.4. The number of carbonyl (C=O) groups is 8. The third-order valence-electron chi connectivity index (χ3n) is 9.98. The molecule has 6 amide bonds. The molecule has 0 saturated carbocycles. The number of aliphatic carboxylic acids is 1. The van der Waals surface area contributed by atoms with Gasteiger partial charge >= 0.3 is 11.9 Å². The zero-order chi connectivity index (χ0) is 45.8. The first-order valence-corrected chi connectivity index (χ1v) is 20.1. The second-order valence-corrected chi connectivity index (χ2v) is 16.2. The zero-order valence-electron chi connectivity index (χ0n) is 35.5. The first-order valence-electron chi connectivity index (χ1n) is 20.1. The molecule has 7 N–H and O–H groups in total. The van der Waals surface area contributed by atoms with E-state index in [1.165, 1.54) is 11.8 Å². The van der Waals surface area contributed by atoms with Crippen molar-refractivity contribution in [3.63, 3.8) is 0 Å². The number of esters is 1. The van der Waals surface area contributed by atoms with Crippen molar-refractivity contribution in [1.29, 1.82) is 0 Å². The lowest BCUT2D eigenvalue weighted by atomic mass is 9.91. The van der Waals surface area contributed by atoms with E-state index in [1.807, 2.05) is 0 Å². The van der Waals surface area contributed by atoms with E-state index in [0.29, 0.717) is 17.7 Å². The normalized spacial score (nSPS) is 21.2. The molecule has 1 aromatic rings. The van der Waals surface area contributed by atoms with Crippen LogP contribution in [0.3, 0.4) is 0 Å². The molecule has 1 fully saturated rings. The van der Waals surface area contributed by atoms with Gasteiger partial charge in [0.2, 0.25) is 23.6 Å². The number of carbonyl (C=O) groups excluding carboxylic acids is 7. The molecule has 0 spiro atoms. The van der Waals surface area contributed by atoms with Crippen LogP contribution >= 0.6 is 0 Å². The SMILES string of the molecule is CCOCCN(CCC(=O)N[C@H](C(=O)N[C@@H](C)C(=O)Nc1ccc(COC(=O)C(C)(C)C)c(CC[C@@H]2O[C@H](C(=O)O)[C@@H](O)[C@H](O)[C@H]2O)c1)C(C)C)C(=O)CN1C(=O)C=CC1=O. The molecule has 1 aromatic carbocycles. The number of ether oxygens (including phenoxy) is 3. The summed E-state index contributed by atoms with van der Waals surface area (Å²) in [4.78, 5) is 103. The number of nitrogens with one attached hydrogen (secondary N) is 3. The van der Waals surface area contributed by atoms with E-state index in [0.717, 1.165) is 17.1 Å². The fourth-order valence-corrected chi connectivity index (χ4v) is 6.27. The molecule has 2 aliphatic heterocycles. The average Bonchev–Trinajstić information content (AvgIpc) is 3.50. The first-order chi connectivity index (χ1) is 28.5. The van der Waals surface area contributed by atoms with Crippen molar-refractivity contribution in [2.75, 3.05) is 38.2 Å². The lowest BCUT2D eigenvalue weighted by Crippen LogP contribution is -2.59. The summed E-state index contributed by atoms with van der Waals surface area (Å²) in [7, 11) is 0. The molecular formula is C41H59N5O15. The van der Waals surface area contributed by atoms with Crippen molar-refractivity contribution >= 4 is 53.1 Å². The van der Waals surface area contributed by atoms with Gasteiger partial charge in [-0.2, -0.15) is 0 Å². The van der Waals surface area contributed by atoms with E-state index in [-0.39, 0.29) is 51.3 Å². The van der Waals surface area contributed by atoms with Crippen LogP contribution in [-0.2, 0) is 65.6 Å². The molecule has 61 heavy (non-hydrogen) atoms. The smallest absolute Gasteiger partial charge is 0.335 e. The molecule has 7 atom stereocenters. The number of carboxylic acid groups (broad SMARTS) is 1. The molecule has 338 valence electrons. The second kappa shape index (κ2) is 22.5. The summed E-state index contributed by atoms with van der Waals surface area (Å²) in [6.45, 7) is 11.4. The summed E-state index contributed by atoms with van der Waals surface area (Å²) >= 11 is 0. The Balaban J connectivity index is 1.67. The highest BCUT2D eigenvalue weighted by molar-refractivity contribution is 6.14. The largest absolute Gasteiger partial charge is 0.479 e. The van der Waals surface area contributed by atoms with Crippen LogP contribution in [0.1, 0.15) is 72.4 Å². The minimum absolute atomic E-state index is 0.0406. The maximum absolute atomic E-state index is 13.4. The van der Waals surface area contributed by atoms with Gasteiger partial charge in [0.15, 0.2) is 6.10 Å². The Labute approximate surface area is 353 Å². The molecule has 0 bridgehead atoms. The lowest BCUT2D eigenvalue weighted by molar-refractivity contribution is -0.228. The predicted molar refractivity (Wildman–Crippen MR) is 215 cm³/mol. The van der Waals surface area contributed by atoms with Crippen molar-refractivity contribution in [2.45, 2.75) is 117 Å². The van der Waals surface area contributed by atoms with Gasteiger partial charge in [0, 0.05) is 44.0 Å². The van der Waals surface area contributed by atoms with Gasteiger partial charge in [-0.15, -0.1) is 0 Å². The molecule has 1 saturated heterocycles. The maximum Gasteiger partial charge on any atom is 0.335 e. The molecule has 3 rings (SSSR count). The maximum atomic E-state index is 13.4. The topological polar surface area (TPSA) is 288 Å². The fraction of sp³-hybridized carbons (Fsp3) is 0.610. The summed E-state index contributed by atoms with van der Waals surface area (Å²) in [6, 6.07) is 2.50. The van der Waals surface area contributed by atoms with E-state index in [1.54, 1.807) is 59.7 Å². The number of aliphatic hydroxyl groups is 3. The van der Waals surface area contributed by atoms with Crippen molar-refractivity contribution in [3.8, 4) is 0 Å². The lowest BCUT2D eigenvalue weighted by Gasteiger charge is -2.39. The number of amides is 6. The molecule has 0 aliphatic carbocycles. The monoisotopic (exact) mass is 861 g/mol. The standard InChI is InChI=1S/C41H59N5O15/c1-8-59-18-17-45(31(50)20-46-29(48)13-14-30(46)49)16-15-28(47)44-32(22(2)3)38(55)42-23(4)37(54)43-26-11-9-25(21-60-40(58)41(5,6)7)24(19-26)10-12-27-33(51)34(52)35(53)36(61-27)39(56)57/h9,11,13-14,19,22-23,27,32-36,51-53H,8,10,12,15-18,20-21H2,1-7H3,(H,42,55)(H,43,54)(H,44,47)(H,56,57)/t23-,27-,32-,33-,34+,35-,36-/m0/s1. The summed E-state index contributed by atoms with van der Waals surface area (Å²) < 4.78 is 16.3. The molecule has 20 nitrogen and oxygen atoms in total. The van der Waals surface area contributed by atoms with Gasteiger partial charge in [-0.1, -0.05) is 19.9 Å². The Bertz CT molecular complexity index is 1790. The van der Waals surface area contributed by atoms with Gasteiger partial charge in [0.05, 0.1) is 18.1 Å². The number of imide groups is 1. The molecule has 20 heteroatoms. The average molecular weight is 862 g/mol. The number of carboxylic acids is 1. The summed E-state index contributed by atoms with van der Waals surface area (Å²) in [5.41, 5.74) is 0.487. The quantitative estimate of drug-likeness (QED) is 0.0462. The number of hydrogen-bond acceptors (Lipinski definition) is 14. The van der Waals surface area contributed by atoms with Crippen LogP contribution in [0.25, 0.3) is 0 Å². The second-order valence-electron chi connectivity index (χ2n) is 16.2. The van der Waals surface area contributed by atoms with Gasteiger partial charge in [-0.3, -0.25) is 38.5 Å². The number of aryl methyl sites for hydroxylation is 1. The fourth-order valence-electron chi connectivity index (χ4n) is 6.27. The Morgan fingerprint density at radius 2 is 1.56 bits per heavy atom. The van der Waals surface area contributed by atoms with Crippen LogP contribution in [-0.4, -0.2) is 153 Å². The molecule has 0 aromatic heterocycles. The number of benzene rings is 1. The number of rotatable bonds is 21. The minimum Gasteiger partial charge on any atom is -0.479 e. The van der Waals surface area contributed by atoms with Gasteiger partial charge in [0.1, 0.15) is 43.5 Å². The van der Waals surface area contributed by atoms with Crippen molar-refractivity contribution in [3.05, 3.63) is 41.5 Å². The highest BCUT2D eigenvalue weighted by atomic mass is 16.6. The van der Waals surface area contributed by atoms with Gasteiger partial charge in [-0.05, 0) is 76.6 Å². The first kappa shape index (κ1) is 50.1. The Morgan fingerprint density at radius 1 is 0.902 bits per heavy atom. The van der Waals surface area contributed by atoms with Crippen molar-refractivity contribution in [1.82, 2.24) is 20.4 Å². The minimum atomic E-state index is -1.86. The number of anilines is 1. The van der Waals surface area contributed by atoms with E-state index in [4.69, 9.17) is 14.2 Å². The van der Waals surface area contributed by atoms with Crippen LogP contribution in [0.5, 0.6) is 0 Å². The molecule has 2 heterocycles. The van der Waals surface area contributed by atoms with E-state index in [2.05, 4.69) is 16.0 Å². The van der Waals surface area contributed by atoms with Crippen LogP contribution in [0.15, 0.2) is 30.4 Å². The van der Waals surface area contributed by atoms with Gasteiger partial charge < -0.3 is 55.5 Å². The van der Waals surface area contributed by atoms with Crippen molar-refractivity contribution in [2.24, 2.45) is 11.3 Å². The van der Waals surface area contributed by atoms with Gasteiger partial charge in [-0.25, -0.2) is 4.79 Å². The van der Waals surface area contributed by atoms with Crippen LogP contribution in [0.4, 0.5) is 5.69 Å². The Hall–Kier alpha value is -5.28. The van der Waals surface area contributed by atoms with Crippen molar-refractivity contribution < 1.29 is 73.0 Å². The highest BCUT2D eigenvalue weighted by Gasteiger charge is 2.46. The van der Waals surface area contributed by atoms with Crippen LogP contribution in [0.2, 0.25) is 0 Å². The van der Waals surface area contributed by atoms with Gasteiger partial charge in [0.25, 0.3) is 11.8 Å². The van der Waals surface area contributed by atoms with Crippen LogP contribution < -0.4 is 16.0 Å². The highest BCUT2D eigenvalue weighted by Crippen LogP contribution is 2.27. The van der Waals surface area contributed by atoms with E-state index < -0.39 is 108 Å². The van der Waals surface area contributed by atoms with E-state index in [9.17, 15) is 58.8 Å². The molecular weight excluding hydrogens is 802 g/mol. The van der Waals surface area contributed by atoms with Crippen LogP contribution in [0, 0.1) is 11.3 Å². The molecule has 0 unspecified atom stereocenters. The Kier molecular flexibility index (Phi) is 18.5. The zero-order valence-corrected chi connectivity index (χ0v) is 35.5. The Morgan fingerprint density at radius 3 is 2.15 bits per heavy atom. The number of aliphatic hydroxyl groups excluding tert-OH is 3.